The van der Waals surface area contributed by atoms with Gasteiger partial charge >= 0.3 is 6.03 Å². The van der Waals surface area contributed by atoms with Crippen LogP contribution in [0.25, 0.3) is 0 Å². The number of hydrogen-bond donors (Lipinski definition) is 2. The van der Waals surface area contributed by atoms with Crippen molar-refractivity contribution in [2.75, 3.05) is 11.9 Å². The van der Waals surface area contributed by atoms with E-state index in [1.165, 1.54) is 18.5 Å². The Morgan fingerprint density at radius 2 is 2.00 bits per heavy atom. The van der Waals surface area contributed by atoms with Gasteiger partial charge in [0.1, 0.15) is 34.9 Å². The number of nitriles is 1. The maximum absolute atomic E-state index is 14.2. The van der Waals surface area contributed by atoms with Crippen LogP contribution in [0, 0.1) is 28.9 Å². The second kappa shape index (κ2) is 7.77. The van der Waals surface area contributed by atoms with Crippen LogP contribution >= 0.6 is 0 Å². The van der Waals surface area contributed by atoms with E-state index in [4.69, 9.17) is 14.7 Å². The molecule has 10 heteroatoms. The highest BCUT2D eigenvalue weighted by molar-refractivity contribution is 5.89. The molecule has 3 atom stereocenters. The maximum atomic E-state index is 14.2. The van der Waals surface area contributed by atoms with Crippen molar-refractivity contribution in [3.05, 3.63) is 71.7 Å². The summed E-state index contributed by atoms with van der Waals surface area (Å²) < 4.78 is 39.1. The fourth-order valence-corrected chi connectivity index (χ4v) is 3.85. The summed E-state index contributed by atoms with van der Waals surface area (Å²) in [5, 5.41) is 14.3. The summed E-state index contributed by atoms with van der Waals surface area (Å²) in [5.74, 6) is -0.574. The Morgan fingerprint density at radius 1 is 1.16 bits per heavy atom. The number of carbonyl (C=O) groups excluding carboxylic acids is 1. The van der Waals surface area contributed by atoms with Gasteiger partial charge < -0.3 is 14.8 Å². The zero-order valence-electron chi connectivity index (χ0n) is 16.4. The van der Waals surface area contributed by atoms with Crippen molar-refractivity contribution in [2.45, 2.75) is 12.0 Å². The predicted molar refractivity (Wildman–Crippen MR) is 107 cm³/mol. The average Bonchev–Trinajstić information content (AvgIpc) is 3.50. The molecule has 2 aromatic heterocycles. The lowest BCUT2D eigenvalue weighted by atomic mass is 10.0. The van der Waals surface area contributed by atoms with Crippen LogP contribution in [0.15, 0.2) is 48.8 Å². The molecule has 0 bridgehead atoms. The molecule has 8 nitrogen and oxygen atoms in total. The summed E-state index contributed by atoms with van der Waals surface area (Å²) >= 11 is 0. The van der Waals surface area contributed by atoms with E-state index >= 15 is 0 Å². The van der Waals surface area contributed by atoms with Crippen LogP contribution in [0.4, 0.5) is 19.4 Å². The molecule has 1 aliphatic heterocycles. The highest BCUT2D eigenvalue weighted by Crippen LogP contribution is 2.55. The molecule has 1 saturated carbocycles. The summed E-state index contributed by atoms with van der Waals surface area (Å²) in [6.07, 6.45) is 2.88. The van der Waals surface area contributed by atoms with Gasteiger partial charge in [0.15, 0.2) is 11.6 Å². The number of fused-ring (bicyclic) bond motifs is 3. The van der Waals surface area contributed by atoms with Crippen molar-refractivity contribution in [3.8, 4) is 23.3 Å². The number of pyridine rings is 2. The molecule has 32 heavy (non-hydrogen) atoms. The molecule has 3 aromatic rings. The third kappa shape index (κ3) is 3.65. The zero-order valence-corrected chi connectivity index (χ0v) is 16.4. The first kappa shape index (κ1) is 19.7. The minimum absolute atomic E-state index is 0.0794. The number of aromatic nitrogens is 2. The normalized spacial score (nSPS) is 20.1. The van der Waals surface area contributed by atoms with Crippen LogP contribution in [0.1, 0.15) is 17.2 Å². The van der Waals surface area contributed by atoms with Crippen LogP contribution in [0.2, 0.25) is 0 Å². The monoisotopic (exact) mass is 435 g/mol. The molecule has 2 amide bonds. The maximum Gasteiger partial charge on any atom is 0.320 e. The Bertz CT molecular complexity index is 1250. The lowest BCUT2D eigenvalue weighted by molar-refractivity contribution is 0.247. The first-order chi connectivity index (χ1) is 15.5. The van der Waals surface area contributed by atoms with Gasteiger partial charge in [-0.1, -0.05) is 0 Å². The highest BCUT2D eigenvalue weighted by Gasteiger charge is 2.57. The molecule has 1 aliphatic carbocycles. The number of urea groups is 1. The smallest absolute Gasteiger partial charge is 0.320 e. The van der Waals surface area contributed by atoms with Gasteiger partial charge in [0, 0.05) is 35.7 Å². The SMILES string of the molecule is N#Cc1cc(Oc2ccc(NC(=O)NC3[C@H]4COc5c(F)ccc(F)c5[C@@H]34)nc2)ccn1. The molecular weight excluding hydrogens is 420 g/mol. The molecule has 3 heterocycles. The minimum Gasteiger partial charge on any atom is -0.490 e. The van der Waals surface area contributed by atoms with Crippen molar-refractivity contribution in [3.63, 3.8) is 0 Å². The number of nitrogens with zero attached hydrogens (tertiary/aromatic N) is 3. The molecule has 2 aliphatic rings. The van der Waals surface area contributed by atoms with Gasteiger partial charge in [-0.2, -0.15) is 5.26 Å². The van der Waals surface area contributed by atoms with E-state index in [0.29, 0.717) is 11.5 Å². The number of amides is 2. The zero-order chi connectivity index (χ0) is 22.2. The number of rotatable bonds is 4. The number of halogens is 2. The Kier molecular flexibility index (Phi) is 4.78. The molecule has 5 rings (SSSR count). The quantitative estimate of drug-likeness (QED) is 0.647. The Morgan fingerprint density at radius 3 is 2.78 bits per heavy atom. The van der Waals surface area contributed by atoms with Crippen LogP contribution in [0.5, 0.6) is 17.2 Å². The van der Waals surface area contributed by atoms with Crippen molar-refractivity contribution >= 4 is 11.8 Å². The largest absolute Gasteiger partial charge is 0.490 e. The molecule has 2 N–H and O–H groups in total. The van der Waals surface area contributed by atoms with Gasteiger partial charge in [-0.05, 0) is 30.3 Å². The van der Waals surface area contributed by atoms with E-state index in [9.17, 15) is 13.6 Å². The number of ether oxygens (including phenoxy) is 2. The molecule has 1 aromatic carbocycles. The third-order valence-corrected chi connectivity index (χ3v) is 5.37. The molecule has 0 saturated heterocycles. The van der Waals surface area contributed by atoms with E-state index < -0.39 is 17.7 Å². The van der Waals surface area contributed by atoms with E-state index in [0.717, 1.165) is 12.1 Å². The molecule has 0 spiro atoms. The van der Waals surface area contributed by atoms with Crippen LogP contribution in [0.3, 0.4) is 0 Å². The molecule has 1 fully saturated rings. The minimum atomic E-state index is -0.614. The van der Waals surface area contributed by atoms with Crippen molar-refractivity contribution in [2.24, 2.45) is 5.92 Å². The van der Waals surface area contributed by atoms with Crippen LogP contribution in [-0.2, 0) is 0 Å². The van der Waals surface area contributed by atoms with Crippen molar-refractivity contribution < 1.29 is 23.0 Å². The van der Waals surface area contributed by atoms with E-state index in [1.807, 2.05) is 6.07 Å². The molecule has 0 radical (unpaired) electrons. The Labute approximate surface area is 180 Å². The molecule has 160 valence electrons. The van der Waals surface area contributed by atoms with Crippen molar-refractivity contribution in [1.82, 2.24) is 15.3 Å². The molecular formula is C22H15F2N5O3. The summed E-state index contributed by atoms with van der Waals surface area (Å²) in [4.78, 5) is 20.4. The van der Waals surface area contributed by atoms with E-state index in [-0.39, 0.29) is 47.3 Å². The predicted octanol–water partition coefficient (Wildman–Crippen LogP) is 3.71. The summed E-state index contributed by atoms with van der Waals surface area (Å²) in [6, 6.07) is 9.39. The number of hydrogen-bond acceptors (Lipinski definition) is 6. The number of benzene rings is 1. The second-order valence-electron chi connectivity index (χ2n) is 7.37. The van der Waals surface area contributed by atoms with Crippen molar-refractivity contribution in [1.29, 1.82) is 5.26 Å². The Hall–Kier alpha value is -4.26. The summed E-state index contributed by atoms with van der Waals surface area (Å²) in [7, 11) is 0. The second-order valence-corrected chi connectivity index (χ2v) is 7.37. The number of carbonyl (C=O) groups is 1. The topological polar surface area (TPSA) is 109 Å². The lowest BCUT2D eigenvalue weighted by Gasteiger charge is -2.16. The fourth-order valence-electron chi connectivity index (χ4n) is 3.85. The van der Waals surface area contributed by atoms with Gasteiger partial charge in [-0.3, -0.25) is 5.32 Å². The summed E-state index contributed by atoms with van der Waals surface area (Å²) in [5.41, 5.74) is 0.392. The highest BCUT2D eigenvalue weighted by atomic mass is 19.1. The number of nitrogens with one attached hydrogen (secondary N) is 2. The van der Waals surface area contributed by atoms with E-state index in [2.05, 4.69) is 20.6 Å². The van der Waals surface area contributed by atoms with Gasteiger partial charge in [-0.25, -0.2) is 23.5 Å². The van der Waals surface area contributed by atoms with Gasteiger partial charge in [0.25, 0.3) is 0 Å². The first-order valence-electron chi connectivity index (χ1n) is 9.72. The van der Waals surface area contributed by atoms with E-state index in [1.54, 1.807) is 18.2 Å². The summed E-state index contributed by atoms with van der Waals surface area (Å²) in [6.45, 7) is 0.204. The Balaban J connectivity index is 1.20. The number of anilines is 1. The average molecular weight is 435 g/mol. The first-order valence-corrected chi connectivity index (χ1v) is 9.72. The molecule has 1 unspecified atom stereocenters. The van der Waals surface area contributed by atoms with Gasteiger partial charge in [0.05, 0.1) is 12.8 Å². The third-order valence-electron chi connectivity index (χ3n) is 5.37. The fraction of sp³-hybridized carbons (Fsp3) is 0.182. The van der Waals surface area contributed by atoms with Crippen LogP contribution < -0.4 is 20.1 Å². The lowest BCUT2D eigenvalue weighted by Crippen LogP contribution is -2.32. The standard InChI is InChI=1S/C22H15F2N5O3/c23-15-2-3-16(24)21-19(15)18-14(10-31-21)20(18)29-22(30)28-17-4-1-13(9-27-17)32-12-5-6-26-11(7-12)8-25/h1-7,9,14,18,20H,10H2,(H2,27,28,29,30)/t14-,18-,20?/m0/s1. The van der Waals surface area contributed by atoms with Crippen LogP contribution in [-0.4, -0.2) is 28.6 Å². The van der Waals surface area contributed by atoms with Gasteiger partial charge in [-0.15, -0.1) is 0 Å². The van der Waals surface area contributed by atoms with Gasteiger partial charge in [0.2, 0.25) is 0 Å².